The van der Waals surface area contributed by atoms with Crippen LogP contribution in [0.1, 0.15) is 5.56 Å². The Labute approximate surface area is 70.2 Å². The zero-order chi connectivity index (χ0) is 8.39. The van der Waals surface area contributed by atoms with Crippen molar-refractivity contribution in [1.29, 1.82) is 0 Å². The molecular formula is C8H10N4. The van der Waals surface area contributed by atoms with Gasteiger partial charge in [-0.2, -0.15) is 0 Å². The zero-order valence-electron chi connectivity index (χ0n) is 6.86. The molecular weight excluding hydrogens is 152 g/mol. The highest BCUT2D eigenvalue weighted by Crippen LogP contribution is 2.07. The van der Waals surface area contributed by atoms with Gasteiger partial charge in [-0.25, -0.2) is 4.52 Å². The van der Waals surface area contributed by atoms with Crippen LogP contribution >= 0.6 is 0 Å². The van der Waals surface area contributed by atoms with E-state index in [0.717, 1.165) is 12.1 Å². The Hall–Kier alpha value is -1.42. The first-order valence-electron chi connectivity index (χ1n) is 3.84. The number of nitrogens with one attached hydrogen (secondary N) is 1. The third-order valence-corrected chi connectivity index (χ3v) is 1.80. The highest BCUT2D eigenvalue weighted by atomic mass is 15.4. The highest BCUT2D eigenvalue weighted by Gasteiger charge is 1.99. The molecule has 2 heterocycles. The molecule has 0 amide bonds. The van der Waals surface area contributed by atoms with Gasteiger partial charge in [0, 0.05) is 12.7 Å². The van der Waals surface area contributed by atoms with Crippen LogP contribution in [0.15, 0.2) is 24.5 Å². The molecule has 0 radical (unpaired) electrons. The molecule has 1 N–H and O–H groups in total. The van der Waals surface area contributed by atoms with Gasteiger partial charge in [0.1, 0.15) is 0 Å². The molecule has 4 heteroatoms. The molecule has 0 aromatic carbocycles. The molecule has 0 aliphatic carbocycles. The summed E-state index contributed by atoms with van der Waals surface area (Å²) < 4.78 is 1.77. The molecule has 0 unspecified atom stereocenters. The van der Waals surface area contributed by atoms with Gasteiger partial charge < -0.3 is 5.32 Å². The maximum atomic E-state index is 3.90. The van der Waals surface area contributed by atoms with Crippen LogP contribution in [0.25, 0.3) is 5.52 Å². The Bertz CT molecular complexity index is 379. The van der Waals surface area contributed by atoms with E-state index in [4.69, 9.17) is 0 Å². The lowest BCUT2D eigenvalue weighted by Crippen LogP contribution is -2.06. The van der Waals surface area contributed by atoms with Crippen LogP contribution in [0, 0.1) is 0 Å². The molecule has 0 aliphatic rings. The molecule has 62 valence electrons. The van der Waals surface area contributed by atoms with Crippen molar-refractivity contribution in [3.05, 3.63) is 30.1 Å². The number of aromatic nitrogens is 3. The largest absolute Gasteiger partial charge is 0.316 e. The van der Waals surface area contributed by atoms with E-state index in [9.17, 15) is 0 Å². The molecule has 12 heavy (non-hydrogen) atoms. The summed E-state index contributed by atoms with van der Waals surface area (Å²) in [7, 11) is 1.92. The highest BCUT2D eigenvalue weighted by molar-refractivity contribution is 5.51. The second-order valence-corrected chi connectivity index (χ2v) is 2.63. The zero-order valence-corrected chi connectivity index (χ0v) is 6.86. The first kappa shape index (κ1) is 7.24. The van der Waals surface area contributed by atoms with Gasteiger partial charge in [-0.05, 0) is 18.7 Å². The summed E-state index contributed by atoms with van der Waals surface area (Å²) in [5, 5.41) is 10.8. The van der Waals surface area contributed by atoms with Crippen molar-refractivity contribution < 1.29 is 0 Å². The van der Waals surface area contributed by atoms with Crippen molar-refractivity contribution in [3.8, 4) is 0 Å². The fourth-order valence-electron chi connectivity index (χ4n) is 1.25. The van der Waals surface area contributed by atoms with Gasteiger partial charge in [0.05, 0.1) is 11.7 Å². The SMILES string of the molecule is CNCc1cccn2nncc12. The quantitative estimate of drug-likeness (QED) is 0.697. The fourth-order valence-corrected chi connectivity index (χ4v) is 1.25. The Morgan fingerprint density at radius 3 is 3.33 bits per heavy atom. The molecule has 0 saturated heterocycles. The van der Waals surface area contributed by atoms with Crippen molar-refractivity contribution in [2.24, 2.45) is 0 Å². The number of rotatable bonds is 2. The van der Waals surface area contributed by atoms with Crippen LogP contribution in [0.2, 0.25) is 0 Å². The van der Waals surface area contributed by atoms with E-state index in [1.807, 2.05) is 19.3 Å². The van der Waals surface area contributed by atoms with E-state index >= 15 is 0 Å². The van der Waals surface area contributed by atoms with Crippen LogP contribution in [0.5, 0.6) is 0 Å². The first-order valence-corrected chi connectivity index (χ1v) is 3.84. The maximum absolute atomic E-state index is 3.90. The second kappa shape index (κ2) is 2.91. The van der Waals surface area contributed by atoms with Gasteiger partial charge in [0.2, 0.25) is 0 Å². The van der Waals surface area contributed by atoms with E-state index < -0.39 is 0 Å². The van der Waals surface area contributed by atoms with E-state index in [1.165, 1.54) is 5.56 Å². The van der Waals surface area contributed by atoms with Crippen LogP contribution in [-0.4, -0.2) is 21.9 Å². The molecule has 0 aliphatic heterocycles. The van der Waals surface area contributed by atoms with Gasteiger partial charge >= 0.3 is 0 Å². The van der Waals surface area contributed by atoms with Crippen LogP contribution in [0.4, 0.5) is 0 Å². The third kappa shape index (κ3) is 1.06. The average molecular weight is 162 g/mol. The summed E-state index contributed by atoms with van der Waals surface area (Å²) >= 11 is 0. The molecule has 2 rings (SSSR count). The van der Waals surface area contributed by atoms with Crippen LogP contribution in [0.3, 0.4) is 0 Å². The summed E-state index contributed by atoms with van der Waals surface area (Å²) in [5.74, 6) is 0. The Balaban J connectivity index is 2.57. The predicted molar refractivity (Wildman–Crippen MR) is 45.8 cm³/mol. The van der Waals surface area contributed by atoms with E-state index in [2.05, 4.69) is 21.7 Å². The Morgan fingerprint density at radius 2 is 2.50 bits per heavy atom. The van der Waals surface area contributed by atoms with Gasteiger partial charge in [-0.3, -0.25) is 0 Å². The van der Waals surface area contributed by atoms with Crippen molar-refractivity contribution in [3.63, 3.8) is 0 Å². The molecule has 0 fully saturated rings. The van der Waals surface area contributed by atoms with Crippen molar-refractivity contribution in [1.82, 2.24) is 20.1 Å². The van der Waals surface area contributed by atoms with E-state index in [1.54, 1.807) is 10.7 Å². The maximum Gasteiger partial charge on any atom is 0.0909 e. The molecule has 0 saturated carbocycles. The van der Waals surface area contributed by atoms with E-state index in [0.29, 0.717) is 0 Å². The third-order valence-electron chi connectivity index (χ3n) is 1.80. The summed E-state index contributed by atoms with van der Waals surface area (Å²) in [5.41, 5.74) is 2.27. The van der Waals surface area contributed by atoms with E-state index in [-0.39, 0.29) is 0 Å². The number of hydrogen-bond donors (Lipinski definition) is 1. The lowest BCUT2D eigenvalue weighted by atomic mass is 10.2. The average Bonchev–Trinajstić information content (AvgIpc) is 2.53. The molecule has 0 atom stereocenters. The smallest absolute Gasteiger partial charge is 0.0909 e. The van der Waals surface area contributed by atoms with Crippen LogP contribution < -0.4 is 5.32 Å². The monoisotopic (exact) mass is 162 g/mol. The molecule has 4 nitrogen and oxygen atoms in total. The summed E-state index contributed by atoms with van der Waals surface area (Å²) in [6.45, 7) is 0.845. The fraction of sp³-hybridized carbons (Fsp3) is 0.250. The number of nitrogens with zero attached hydrogens (tertiary/aromatic N) is 3. The molecule has 2 aromatic rings. The molecule has 0 bridgehead atoms. The number of pyridine rings is 1. The standard InChI is InChI=1S/C8H10N4/c1-9-5-7-3-2-4-12-8(7)6-10-11-12/h2-4,6,9H,5H2,1H3. The number of hydrogen-bond acceptors (Lipinski definition) is 3. The van der Waals surface area contributed by atoms with Gasteiger partial charge in [-0.1, -0.05) is 11.3 Å². The van der Waals surface area contributed by atoms with Gasteiger partial charge in [0.25, 0.3) is 0 Å². The lowest BCUT2D eigenvalue weighted by molar-refractivity contribution is 0.806. The van der Waals surface area contributed by atoms with Crippen molar-refractivity contribution in [2.75, 3.05) is 7.05 Å². The predicted octanol–water partition coefficient (Wildman–Crippen LogP) is 0.449. The number of fused-ring (bicyclic) bond motifs is 1. The van der Waals surface area contributed by atoms with Crippen LogP contribution in [-0.2, 0) is 6.54 Å². The molecule has 0 spiro atoms. The second-order valence-electron chi connectivity index (χ2n) is 2.63. The molecule has 2 aromatic heterocycles. The Morgan fingerprint density at radius 1 is 1.58 bits per heavy atom. The minimum Gasteiger partial charge on any atom is -0.316 e. The normalized spacial score (nSPS) is 10.8. The Kier molecular flexibility index (Phi) is 1.75. The van der Waals surface area contributed by atoms with Gasteiger partial charge in [0.15, 0.2) is 0 Å². The summed E-state index contributed by atoms with van der Waals surface area (Å²) in [6, 6.07) is 4.03. The van der Waals surface area contributed by atoms with Gasteiger partial charge in [-0.15, -0.1) is 5.10 Å². The first-order chi connectivity index (χ1) is 5.92. The topological polar surface area (TPSA) is 42.2 Å². The minimum absolute atomic E-state index is 0.845. The minimum atomic E-state index is 0.845. The lowest BCUT2D eigenvalue weighted by Gasteiger charge is -2.00. The summed E-state index contributed by atoms with van der Waals surface area (Å²) in [4.78, 5) is 0. The van der Waals surface area contributed by atoms with Crippen molar-refractivity contribution >= 4 is 5.52 Å². The summed E-state index contributed by atoms with van der Waals surface area (Å²) in [6.07, 6.45) is 3.66. The van der Waals surface area contributed by atoms with Crippen molar-refractivity contribution in [2.45, 2.75) is 6.54 Å².